The van der Waals surface area contributed by atoms with Gasteiger partial charge >= 0.3 is 5.97 Å². The quantitative estimate of drug-likeness (QED) is 0.430. The van der Waals surface area contributed by atoms with Gasteiger partial charge in [-0.05, 0) is 47.9 Å². The fourth-order valence-electron chi connectivity index (χ4n) is 6.74. The number of carbonyl (C=O) groups is 1. The summed E-state index contributed by atoms with van der Waals surface area (Å²) in [5, 5.41) is 32.5. The van der Waals surface area contributed by atoms with E-state index < -0.39 is 66.8 Å². The Labute approximate surface area is 240 Å². The number of aliphatic hydroxyl groups excluding tert-OH is 2. The van der Waals surface area contributed by atoms with Crippen molar-refractivity contribution in [2.24, 2.45) is 11.8 Å². The molecule has 3 fully saturated rings. The molecule has 4 heterocycles. The van der Waals surface area contributed by atoms with Crippen LogP contribution in [-0.4, -0.2) is 92.5 Å². The maximum Gasteiger partial charge on any atom is 0.310 e. The fraction of sp³-hybridized carbons (Fsp3) is 0.552. The molecule has 2 aromatic carbocycles. The van der Waals surface area contributed by atoms with Gasteiger partial charge in [-0.2, -0.15) is 0 Å². The topological polar surface area (TPSA) is 161 Å². The molecule has 4 unspecified atom stereocenters. The minimum Gasteiger partial charge on any atom is -0.502 e. The SMILES string of the molecule is COc1cc([C@@H]2c3cc4c(cc3C(OC3O[C@@H]5COC(C)O[C@H]5[C@H](O)[C@H]3O)C3COC(=O)[C@@H]32)OCO4)cc(OC)c1O. The molecule has 10 atom stereocenters. The molecule has 0 radical (unpaired) electrons. The number of cyclic esters (lactones) is 1. The number of ether oxygens (including phenoxy) is 9. The van der Waals surface area contributed by atoms with Crippen LogP contribution in [0.1, 0.15) is 35.6 Å². The minimum absolute atomic E-state index is 0.0301. The summed E-state index contributed by atoms with van der Waals surface area (Å²) in [6.07, 6.45) is -6.80. The first-order valence-corrected chi connectivity index (χ1v) is 13.8. The summed E-state index contributed by atoms with van der Waals surface area (Å²) < 4.78 is 51.5. The van der Waals surface area contributed by atoms with Gasteiger partial charge in [-0.1, -0.05) is 0 Å². The van der Waals surface area contributed by atoms with Gasteiger partial charge in [0, 0.05) is 11.8 Å². The van der Waals surface area contributed by atoms with E-state index in [2.05, 4.69) is 0 Å². The Kier molecular flexibility index (Phi) is 6.83. The predicted molar refractivity (Wildman–Crippen MR) is 138 cm³/mol. The molecule has 1 aliphatic carbocycles. The number of carbonyl (C=O) groups excluding carboxylic acids is 1. The van der Waals surface area contributed by atoms with Crippen LogP contribution in [0.25, 0.3) is 0 Å². The van der Waals surface area contributed by atoms with Crippen molar-refractivity contribution >= 4 is 5.97 Å². The predicted octanol–water partition coefficient (Wildman–Crippen LogP) is 1.34. The molecule has 7 rings (SSSR count). The lowest BCUT2D eigenvalue weighted by Gasteiger charge is -2.47. The Bertz CT molecular complexity index is 1350. The van der Waals surface area contributed by atoms with Gasteiger partial charge in [-0.15, -0.1) is 0 Å². The highest BCUT2D eigenvalue weighted by Crippen LogP contribution is 2.57. The normalized spacial score (nSPS) is 36.5. The van der Waals surface area contributed by atoms with Crippen molar-refractivity contribution in [3.05, 3.63) is 41.0 Å². The van der Waals surface area contributed by atoms with E-state index in [0.717, 1.165) is 0 Å². The maximum absolute atomic E-state index is 13.4. The molecule has 0 spiro atoms. The number of rotatable bonds is 5. The summed E-state index contributed by atoms with van der Waals surface area (Å²) in [6.45, 7) is 1.93. The summed E-state index contributed by atoms with van der Waals surface area (Å²) in [5.41, 5.74) is 2.01. The zero-order valence-electron chi connectivity index (χ0n) is 23.1. The van der Waals surface area contributed by atoms with Gasteiger partial charge in [0.25, 0.3) is 0 Å². The van der Waals surface area contributed by atoms with Crippen LogP contribution in [0.15, 0.2) is 24.3 Å². The van der Waals surface area contributed by atoms with Gasteiger partial charge in [-0.25, -0.2) is 0 Å². The Morgan fingerprint density at radius 3 is 2.26 bits per heavy atom. The molecule has 226 valence electrons. The first-order valence-electron chi connectivity index (χ1n) is 13.8. The van der Waals surface area contributed by atoms with E-state index in [1.165, 1.54) is 14.2 Å². The molecule has 42 heavy (non-hydrogen) atoms. The molecule has 13 nitrogen and oxygen atoms in total. The van der Waals surface area contributed by atoms with Gasteiger partial charge in [-0.3, -0.25) is 4.79 Å². The van der Waals surface area contributed by atoms with Crippen LogP contribution in [0, 0.1) is 11.8 Å². The van der Waals surface area contributed by atoms with Crippen LogP contribution >= 0.6 is 0 Å². The smallest absolute Gasteiger partial charge is 0.310 e. The number of methoxy groups -OCH3 is 2. The molecule has 0 aromatic heterocycles. The van der Waals surface area contributed by atoms with Crippen molar-refractivity contribution in [1.29, 1.82) is 0 Å². The number of esters is 1. The number of benzene rings is 2. The Morgan fingerprint density at radius 2 is 1.57 bits per heavy atom. The second-order valence-electron chi connectivity index (χ2n) is 11.0. The van der Waals surface area contributed by atoms with Crippen LogP contribution in [0.3, 0.4) is 0 Å². The first kappa shape index (κ1) is 27.5. The Morgan fingerprint density at radius 1 is 0.881 bits per heavy atom. The summed E-state index contributed by atoms with van der Waals surface area (Å²) in [6, 6.07) is 6.93. The van der Waals surface area contributed by atoms with Crippen LogP contribution in [-0.2, 0) is 28.5 Å². The number of hydrogen-bond donors (Lipinski definition) is 3. The van der Waals surface area contributed by atoms with Crippen molar-refractivity contribution in [2.75, 3.05) is 34.2 Å². The van der Waals surface area contributed by atoms with Gasteiger partial charge < -0.3 is 58.0 Å². The van der Waals surface area contributed by atoms with Crippen molar-refractivity contribution in [3.8, 4) is 28.7 Å². The van der Waals surface area contributed by atoms with Crippen LogP contribution in [0.4, 0.5) is 0 Å². The van der Waals surface area contributed by atoms with Crippen molar-refractivity contribution < 1.29 is 62.7 Å². The number of phenolic OH excluding ortho intramolecular Hbond substituents is 1. The number of hydrogen-bond acceptors (Lipinski definition) is 13. The van der Waals surface area contributed by atoms with Crippen LogP contribution < -0.4 is 18.9 Å². The van der Waals surface area contributed by atoms with Gasteiger partial charge in [0.05, 0.1) is 39.5 Å². The standard InChI is InChI=1S/C29H32O13/c1-11-36-9-20-27(40-11)24(31)25(32)29(41-20)42-26-14-7-17-16(38-10-39-17)6-13(14)21(22-15(26)8-37-28(22)33)12-4-18(34-2)23(30)19(5-12)35-3/h4-7,11,15,20-22,24-27,29-32H,8-10H2,1-3H3/t11?,15?,20-,21-,22+,24-,25-,26?,27-,29?/m1/s1. The second-order valence-corrected chi connectivity index (χ2v) is 11.0. The highest BCUT2D eigenvalue weighted by molar-refractivity contribution is 5.79. The van der Waals surface area contributed by atoms with E-state index in [9.17, 15) is 20.1 Å². The van der Waals surface area contributed by atoms with Crippen LogP contribution in [0.2, 0.25) is 0 Å². The zero-order valence-corrected chi connectivity index (χ0v) is 23.1. The van der Waals surface area contributed by atoms with E-state index in [1.807, 2.05) is 0 Å². The average molecular weight is 589 g/mol. The largest absolute Gasteiger partial charge is 0.502 e. The van der Waals surface area contributed by atoms with E-state index in [-0.39, 0.29) is 37.3 Å². The molecule has 5 aliphatic rings. The molecule has 4 aliphatic heterocycles. The molecule has 3 saturated heterocycles. The third kappa shape index (κ3) is 4.26. The summed E-state index contributed by atoms with van der Waals surface area (Å²) in [4.78, 5) is 13.4. The number of phenols is 1. The Hall–Kier alpha value is -3.33. The second kappa shape index (κ2) is 10.4. The third-order valence-electron chi connectivity index (χ3n) is 8.75. The van der Waals surface area contributed by atoms with Gasteiger partial charge in [0.2, 0.25) is 12.5 Å². The summed E-state index contributed by atoms with van der Waals surface area (Å²) in [5.74, 6) is -1.02. The van der Waals surface area contributed by atoms with E-state index in [4.69, 9.17) is 42.6 Å². The fourth-order valence-corrected chi connectivity index (χ4v) is 6.74. The molecule has 13 heteroatoms. The lowest BCUT2D eigenvalue weighted by Crippen LogP contribution is -2.63. The van der Waals surface area contributed by atoms with Crippen LogP contribution in [0.5, 0.6) is 28.7 Å². The van der Waals surface area contributed by atoms with Crippen molar-refractivity contribution in [2.45, 2.75) is 55.9 Å². The first-order chi connectivity index (χ1) is 20.3. The molecular weight excluding hydrogens is 556 g/mol. The third-order valence-corrected chi connectivity index (χ3v) is 8.75. The summed E-state index contributed by atoms with van der Waals surface area (Å²) in [7, 11) is 2.86. The van der Waals surface area contributed by atoms with E-state index in [0.29, 0.717) is 28.2 Å². The summed E-state index contributed by atoms with van der Waals surface area (Å²) >= 11 is 0. The molecular formula is C29H32O13. The molecule has 0 saturated carbocycles. The average Bonchev–Trinajstić information content (AvgIpc) is 3.61. The molecule has 0 bridgehead atoms. The number of fused-ring (bicyclic) bond motifs is 4. The number of aliphatic hydroxyl groups is 2. The highest BCUT2D eigenvalue weighted by atomic mass is 16.8. The molecule has 3 N–H and O–H groups in total. The van der Waals surface area contributed by atoms with Crippen molar-refractivity contribution in [3.63, 3.8) is 0 Å². The van der Waals surface area contributed by atoms with E-state index in [1.54, 1.807) is 31.2 Å². The monoisotopic (exact) mass is 588 g/mol. The van der Waals surface area contributed by atoms with Crippen molar-refractivity contribution in [1.82, 2.24) is 0 Å². The lowest BCUT2D eigenvalue weighted by molar-refractivity contribution is -0.364. The van der Waals surface area contributed by atoms with Gasteiger partial charge in [0.1, 0.15) is 24.4 Å². The highest BCUT2D eigenvalue weighted by Gasteiger charge is 2.56. The molecule has 0 amide bonds. The zero-order chi connectivity index (χ0) is 29.3. The number of aromatic hydroxyl groups is 1. The van der Waals surface area contributed by atoms with Gasteiger partial charge in [0.15, 0.2) is 35.6 Å². The lowest BCUT2D eigenvalue weighted by atomic mass is 9.66. The minimum atomic E-state index is -1.44. The maximum atomic E-state index is 13.4. The van der Waals surface area contributed by atoms with E-state index >= 15 is 0 Å². The Balaban J connectivity index is 1.32. The molecule has 2 aromatic rings.